The summed E-state index contributed by atoms with van der Waals surface area (Å²) in [5, 5.41) is 12.7. The summed E-state index contributed by atoms with van der Waals surface area (Å²) in [5.41, 5.74) is 2.45. The van der Waals surface area contributed by atoms with Gasteiger partial charge in [-0.15, -0.1) is 0 Å². The van der Waals surface area contributed by atoms with Gasteiger partial charge in [-0.2, -0.15) is 0 Å². The van der Waals surface area contributed by atoms with Gasteiger partial charge in [0.15, 0.2) is 0 Å². The van der Waals surface area contributed by atoms with Gasteiger partial charge in [0.05, 0.1) is 18.8 Å². The van der Waals surface area contributed by atoms with E-state index in [9.17, 15) is 9.90 Å². The molecule has 1 atom stereocenters. The van der Waals surface area contributed by atoms with Crippen LogP contribution in [0.4, 0.5) is 5.69 Å². The Morgan fingerprint density at radius 1 is 1.04 bits per heavy atom. The number of rotatable bonds is 3. The van der Waals surface area contributed by atoms with E-state index in [1.165, 1.54) is 6.08 Å². The Bertz CT molecular complexity index is 1050. The fourth-order valence-electron chi connectivity index (χ4n) is 3.65. The Labute approximate surface area is 158 Å². The number of anilines is 1. The molecule has 0 radical (unpaired) electrons. The summed E-state index contributed by atoms with van der Waals surface area (Å²) in [6.45, 7) is 1.91. The first-order valence-corrected chi connectivity index (χ1v) is 8.93. The molecule has 0 bridgehead atoms. The van der Waals surface area contributed by atoms with Crippen molar-refractivity contribution < 1.29 is 14.6 Å². The molecule has 0 saturated carbocycles. The number of carbonyl (C=O) groups excluding carboxylic acids is 1. The van der Waals surface area contributed by atoms with Crippen LogP contribution in [0.2, 0.25) is 0 Å². The highest BCUT2D eigenvalue weighted by atomic mass is 16.5. The first-order chi connectivity index (χ1) is 13.1. The topological polar surface area (TPSA) is 49.8 Å². The van der Waals surface area contributed by atoms with Crippen LogP contribution in [-0.2, 0) is 9.53 Å². The van der Waals surface area contributed by atoms with E-state index in [1.807, 2.05) is 31.2 Å². The van der Waals surface area contributed by atoms with Crippen molar-refractivity contribution in [3.8, 4) is 5.75 Å². The standard InChI is InChI=1S/C23H21NO3/c1-15-7-10-20(22(25)11-15)24-21(13-19(27-2)14-23(24)26)18-9-8-16-5-3-4-6-17(16)12-18/h3-12,14,21,25H,13H2,1-2H3. The lowest BCUT2D eigenvalue weighted by Crippen LogP contribution is -2.37. The Hall–Kier alpha value is -3.27. The van der Waals surface area contributed by atoms with Gasteiger partial charge in [0.25, 0.3) is 5.91 Å². The summed E-state index contributed by atoms with van der Waals surface area (Å²) in [7, 11) is 1.58. The monoisotopic (exact) mass is 359 g/mol. The van der Waals surface area contributed by atoms with E-state index >= 15 is 0 Å². The Morgan fingerprint density at radius 2 is 1.81 bits per heavy atom. The molecule has 1 aliphatic heterocycles. The quantitative estimate of drug-likeness (QED) is 0.726. The van der Waals surface area contributed by atoms with Crippen LogP contribution in [0.5, 0.6) is 5.75 Å². The highest BCUT2D eigenvalue weighted by molar-refractivity contribution is 6.04. The van der Waals surface area contributed by atoms with E-state index in [2.05, 4.69) is 24.3 Å². The molecule has 0 saturated heterocycles. The van der Waals surface area contributed by atoms with Gasteiger partial charge in [0.1, 0.15) is 11.5 Å². The maximum absolute atomic E-state index is 12.9. The molecular formula is C23H21NO3. The molecule has 0 aromatic heterocycles. The average Bonchev–Trinajstić information content (AvgIpc) is 2.67. The fourth-order valence-corrected chi connectivity index (χ4v) is 3.65. The van der Waals surface area contributed by atoms with Crippen molar-refractivity contribution in [2.24, 2.45) is 0 Å². The number of aryl methyl sites for hydroxylation is 1. The molecule has 0 aliphatic carbocycles. The lowest BCUT2D eigenvalue weighted by atomic mass is 9.94. The van der Waals surface area contributed by atoms with Gasteiger partial charge < -0.3 is 9.84 Å². The number of hydrogen-bond donors (Lipinski definition) is 1. The predicted molar refractivity (Wildman–Crippen MR) is 107 cm³/mol. The molecule has 4 heteroatoms. The van der Waals surface area contributed by atoms with Crippen LogP contribution < -0.4 is 4.90 Å². The highest BCUT2D eigenvalue weighted by Gasteiger charge is 2.33. The first-order valence-electron chi connectivity index (χ1n) is 8.93. The summed E-state index contributed by atoms with van der Waals surface area (Å²) in [5.74, 6) is 0.542. The van der Waals surface area contributed by atoms with E-state index in [0.29, 0.717) is 17.9 Å². The van der Waals surface area contributed by atoms with Gasteiger partial charge in [-0.3, -0.25) is 9.69 Å². The van der Waals surface area contributed by atoms with Crippen molar-refractivity contribution in [2.45, 2.75) is 19.4 Å². The molecule has 1 unspecified atom stereocenters. The number of hydrogen-bond acceptors (Lipinski definition) is 3. The lowest BCUT2D eigenvalue weighted by Gasteiger charge is -2.35. The van der Waals surface area contributed by atoms with Crippen molar-refractivity contribution in [1.82, 2.24) is 0 Å². The van der Waals surface area contributed by atoms with Gasteiger partial charge in [-0.1, -0.05) is 42.5 Å². The largest absolute Gasteiger partial charge is 0.506 e. The van der Waals surface area contributed by atoms with Gasteiger partial charge >= 0.3 is 0 Å². The summed E-state index contributed by atoms with van der Waals surface area (Å²) in [6, 6.07) is 19.5. The molecule has 0 spiro atoms. The number of methoxy groups -OCH3 is 1. The number of phenols is 1. The van der Waals surface area contributed by atoms with Gasteiger partial charge in [-0.25, -0.2) is 0 Å². The van der Waals surface area contributed by atoms with E-state index in [1.54, 1.807) is 24.1 Å². The number of aromatic hydroxyl groups is 1. The van der Waals surface area contributed by atoms with Crippen molar-refractivity contribution in [1.29, 1.82) is 0 Å². The van der Waals surface area contributed by atoms with E-state index in [-0.39, 0.29) is 17.7 Å². The molecule has 3 aromatic carbocycles. The minimum absolute atomic E-state index is 0.100. The maximum Gasteiger partial charge on any atom is 0.255 e. The minimum Gasteiger partial charge on any atom is -0.506 e. The van der Waals surface area contributed by atoms with Crippen LogP contribution in [0.25, 0.3) is 10.8 Å². The van der Waals surface area contributed by atoms with E-state index < -0.39 is 0 Å². The SMILES string of the molecule is COC1=CC(=O)N(c2ccc(C)cc2O)C(c2ccc3ccccc3c2)C1. The van der Waals surface area contributed by atoms with Crippen LogP contribution in [-0.4, -0.2) is 18.1 Å². The number of benzene rings is 3. The number of ether oxygens (including phenoxy) is 1. The number of fused-ring (bicyclic) bond motifs is 1. The zero-order valence-corrected chi connectivity index (χ0v) is 15.3. The van der Waals surface area contributed by atoms with Crippen LogP contribution in [0.1, 0.15) is 23.6 Å². The van der Waals surface area contributed by atoms with Crippen LogP contribution in [0, 0.1) is 6.92 Å². The van der Waals surface area contributed by atoms with Crippen molar-refractivity contribution >= 4 is 22.4 Å². The van der Waals surface area contributed by atoms with Crippen molar-refractivity contribution in [3.63, 3.8) is 0 Å². The average molecular weight is 359 g/mol. The van der Waals surface area contributed by atoms with Crippen LogP contribution >= 0.6 is 0 Å². The molecule has 1 amide bonds. The highest BCUT2D eigenvalue weighted by Crippen LogP contribution is 2.40. The summed E-state index contributed by atoms with van der Waals surface area (Å²) >= 11 is 0. The molecule has 0 fully saturated rings. The molecule has 1 aliphatic rings. The number of phenolic OH excluding ortho intramolecular Hbond substituents is 1. The molecule has 4 rings (SSSR count). The van der Waals surface area contributed by atoms with Crippen molar-refractivity contribution in [2.75, 3.05) is 12.0 Å². The second kappa shape index (κ2) is 6.80. The van der Waals surface area contributed by atoms with Gasteiger partial charge in [-0.05, 0) is 47.0 Å². The smallest absolute Gasteiger partial charge is 0.255 e. The molecule has 136 valence electrons. The van der Waals surface area contributed by atoms with Crippen LogP contribution in [0.3, 0.4) is 0 Å². The Kier molecular flexibility index (Phi) is 4.32. The summed E-state index contributed by atoms with van der Waals surface area (Å²) < 4.78 is 5.39. The second-order valence-corrected chi connectivity index (χ2v) is 6.84. The zero-order valence-electron chi connectivity index (χ0n) is 15.3. The molecule has 27 heavy (non-hydrogen) atoms. The third kappa shape index (κ3) is 3.14. The lowest BCUT2D eigenvalue weighted by molar-refractivity contribution is -0.115. The number of carbonyl (C=O) groups is 1. The number of nitrogens with zero attached hydrogens (tertiary/aromatic N) is 1. The van der Waals surface area contributed by atoms with Crippen LogP contribution in [0.15, 0.2) is 72.5 Å². The number of amides is 1. The van der Waals surface area contributed by atoms with Gasteiger partial charge in [0.2, 0.25) is 0 Å². The third-order valence-electron chi connectivity index (χ3n) is 5.04. The predicted octanol–water partition coefficient (Wildman–Crippen LogP) is 4.86. The zero-order chi connectivity index (χ0) is 19.0. The van der Waals surface area contributed by atoms with Gasteiger partial charge in [0, 0.05) is 12.5 Å². The summed E-state index contributed by atoms with van der Waals surface area (Å²) in [4.78, 5) is 14.6. The Balaban J connectivity index is 1.85. The maximum atomic E-state index is 12.9. The third-order valence-corrected chi connectivity index (χ3v) is 5.04. The van der Waals surface area contributed by atoms with E-state index in [4.69, 9.17) is 4.74 Å². The molecule has 4 nitrogen and oxygen atoms in total. The molecule has 3 aromatic rings. The normalized spacial score (nSPS) is 17.1. The first kappa shape index (κ1) is 17.2. The van der Waals surface area contributed by atoms with E-state index in [0.717, 1.165) is 21.9 Å². The molecule has 1 heterocycles. The second-order valence-electron chi connectivity index (χ2n) is 6.84. The minimum atomic E-state index is -0.254. The summed E-state index contributed by atoms with van der Waals surface area (Å²) in [6.07, 6.45) is 2.05. The van der Waals surface area contributed by atoms with Crippen molar-refractivity contribution in [3.05, 3.63) is 83.6 Å². The Morgan fingerprint density at radius 3 is 2.56 bits per heavy atom. The fraction of sp³-hybridized carbons (Fsp3) is 0.174. The molecule has 1 N–H and O–H groups in total. The molecular weight excluding hydrogens is 338 g/mol.